The average Bonchev–Trinajstić information content (AvgIpc) is 2.37. The number of nitrogens with zero attached hydrogens (tertiary/aromatic N) is 3. The lowest BCUT2D eigenvalue weighted by molar-refractivity contribution is 0.801. The zero-order valence-electron chi connectivity index (χ0n) is 11.7. The lowest BCUT2D eigenvalue weighted by Gasteiger charge is -2.22. The third kappa shape index (κ3) is 3.44. The summed E-state index contributed by atoms with van der Waals surface area (Å²) >= 11 is 0. The summed E-state index contributed by atoms with van der Waals surface area (Å²) < 4.78 is 0. The van der Waals surface area contributed by atoms with E-state index in [9.17, 15) is 0 Å². The summed E-state index contributed by atoms with van der Waals surface area (Å²) in [5.41, 5.74) is 8.72. The van der Waals surface area contributed by atoms with Gasteiger partial charge in [0.2, 0.25) is 0 Å². The summed E-state index contributed by atoms with van der Waals surface area (Å²) in [5.74, 6) is 1.79. The molecule has 2 N–H and O–H groups in total. The van der Waals surface area contributed by atoms with E-state index in [4.69, 9.17) is 5.73 Å². The first-order chi connectivity index (χ1) is 9.08. The first-order valence-corrected chi connectivity index (χ1v) is 6.50. The van der Waals surface area contributed by atoms with Crippen molar-refractivity contribution in [2.24, 2.45) is 0 Å². The molecule has 0 amide bonds. The van der Waals surface area contributed by atoms with Crippen molar-refractivity contribution in [1.82, 2.24) is 9.97 Å². The van der Waals surface area contributed by atoms with Crippen LogP contribution in [0.2, 0.25) is 0 Å². The highest BCUT2D eigenvalue weighted by Crippen LogP contribution is 2.16. The van der Waals surface area contributed by atoms with Crippen molar-refractivity contribution in [3.8, 4) is 0 Å². The summed E-state index contributed by atoms with van der Waals surface area (Å²) in [4.78, 5) is 11.1. The van der Waals surface area contributed by atoms with E-state index < -0.39 is 0 Å². The molecule has 4 nitrogen and oxygen atoms in total. The Kier molecular flexibility index (Phi) is 4.00. The maximum Gasteiger partial charge on any atom is 0.132 e. The molecule has 0 bridgehead atoms. The maximum atomic E-state index is 5.71. The lowest BCUT2D eigenvalue weighted by Crippen LogP contribution is -2.23. The zero-order chi connectivity index (χ0) is 13.8. The molecule has 2 rings (SSSR count). The first kappa shape index (κ1) is 13.3. The Morgan fingerprint density at radius 2 is 1.79 bits per heavy atom. The zero-order valence-corrected chi connectivity index (χ0v) is 11.7. The fourth-order valence-electron chi connectivity index (χ4n) is 2.06. The SMILES string of the molecule is CCN(Cc1ccc(N)cc1)c1cc(C)nc(C)n1. The van der Waals surface area contributed by atoms with Crippen LogP contribution in [-0.4, -0.2) is 16.5 Å². The van der Waals surface area contributed by atoms with Crippen LogP contribution in [0.5, 0.6) is 0 Å². The summed E-state index contributed by atoms with van der Waals surface area (Å²) in [5, 5.41) is 0. The molecule has 0 fully saturated rings. The third-order valence-corrected chi connectivity index (χ3v) is 3.01. The minimum atomic E-state index is 0.792. The van der Waals surface area contributed by atoms with Crippen LogP contribution in [0, 0.1) is 13.8 Å². The molecule has 2 aromatic rings. The van der Waals surface area contributed by atoms with Gasteiger partial charge in [-0.25, -0.2) is 9.97 Å². The van der Waals surface area contributed by atoms with Crippen LogP contribution in [0.25, 0.3) is 0 Å². The molecular weight excluding hydrogens is 236 g/mol. The van der Waals surface area contributed by atoms with Crippen LogP contribution in [-0.2, 0) is 6.54 Å². The highest BCUT2D eigenvalue weighted by Gasteiger charge is 2.08. The van der Waals surface area contributed by atoms with Gasteiger partial charge in [-0.05, 0) is 38.5 Å². The number of nitrogens with two attached hydrogens (primary N) is 1. The molecule has 100 valence electrons. The van der Waals surface area contributed by atoms with E-state index in [0.29, 0.717) is 0 Å². The highest BCUT2D eigenvalue weighted by molar-refractivity contribution is 5.43. The largest absolute Gasteiger partial charge is 0.399 e. The summed E-state index contributed by atoms with van der Waals surface area (Å²) in [6.45, 7) is 7.78. The summed E-state index contributed by atoms with van der Waals surface area (Å²) in [6.07, 6.45) is 0. The second-order valence-corrected chi connectivity index (χ2v) is 4.67. The van der Waals surface area contributed by atoms with E-state index in [1.165, 1.54) is 5.56 Å². The molecule has 19 heavy (non-hydrogen) atoms. The van der Waals surface area contributed by atoms with Crippen molar-refractivity contribution in [2.45, 2.75) is 27.3 Å². The van der Waals surface area contributed by atoms with E-state index in [0.717, 1.165) is 36.1 Å². The van der Waals surface area contributed by atoms with Gasteiger partial charge in [0.25, 0.3) is 0 Å². The van der Waals surface area contributed by atoms with Gasteiger partial charge in [-0.1, -0.05) is 12.1 Å². The van der Waals surface area contributed by atoms with Gasteiger partial charge in [-0.2, -0.15) is 0 Å². The smallest absolute Gasteiger partial charge is 0.132 e. The molecule has 1 aromatic carbocycles. The number of aromatic nitrogens is 2. The Morgan fingerprint density at radius 1 is 1.11 bits per heavy atom. The van der Waals surface area contributed by atoms with Crippen LogP contribution in [0.3, 0.4) is 0 Å². The average molecular weight is 256 g/mol. The topological polar surface area (TPSA) is 55.0 Å². The molecule has 0 aliphatic carbocycles. The highest BCUT2D eigenvalue weighted by atomic mass is 15.2. The van der Waals surface area contributed by atoms with Crippen molar-refractivity contribution < 1.29 is 0 Å². The molecular formula is C15H20N4. The number of benzene rings is 1. The van der Waals surface area contributed by atoms with Crippen LogP contribution in [0.4, 0.5) is 11.5 Å². The molecule has 1 aromatic heterocycles. The summed E-state index contributed by atoms with van der Waals surface area (Å²) in [7, 11) is 0. The molecule has 0 saturated heterocycles. The molecule has 0 aliphatic heterocycles. The summed E-state index contributed by atoms with van der Waals surface area (Å²) in [6, 6.07) is 9.99. The Morgan fingerprint density at radius 3 is 2.37 bits per heavy atom. The van der Waals surface area contributed by atoms with Gasteiger partial charge in [0.05, 0.1) is 0 Å². The van der Waals surface area contributed by atoms with Gasteiger partial charge >= 0.3 is 0 Å². The minimum absolute atomic E-state index is 0.792. The van der Waals surface area contributed by atoms with E-state index in [1.54, 1.807) is 0 Å². The molecule has 0 saturated carbocycles. The van der Waals surface area contributed by atoms with Crippen molar-refractivity contribution in [3.63, 3.8) is 0 Å². The Labute approximate surface area is 114 Å². The van der Waals surface area contributed by atoms with Crippen molar-refractivity contribution >= 4 is 11.5 Å². The van der Waals surface area contributed by atoms with Crippen LogP contribution in [0.15, 0.2) is 30.3 Å². The predicted molar refractivity (Wildman–Crippen MR) is 79.1 cm³/mol. The van der Waals surface area contributed by atoms with E-state index in [-0.39, 0.29) is 0 Å². The molecule has 0 atom stereocenters. The normalized spacial score (nSPS) is 10.5. The Bertz CT molecular complexity index is 528. The number of nitrogen functional groups attached to an aromatic ring is 1. The molecule has 0 aliphatic rings. The Balaban J connectivity index is 2.22. The minimum Gasteiger partial charge on any atom is -0.399 e. The number of anilines is 2. The Hall–Kier alpha value is -2.10. The van der Waals surface area contributed by atoms with Crippen LogP contribution >= 0.6 is 0 Å². The fourth-order valence-corrected chi connectivity index (χ4v) is 2.06. The molecule has 1 heterocycles. The second-order valence-electron chi connectivity index (χ2n) is 4.67. The number of hydrogen-bond donors (Lipinski definition) is 1. The number of aryl methyl sites for hydroxylation is 2. The first-order valence-electron chi connectivity index (χ1n) is 6.50. The quantitative estimate of drug-likeness (QED) is 0.855. The van der Waals surface area contributed by atoms with E-state index in [2.05, 4.69) is 33.9 Å². The second kappa shape index (κ2) is 5.69. The third-order valence-electron chi connectivity index (χ3n) is 3.01. The molecule has 0 radical (unpaired) electrons. The van der Waals surface area contributed by atoms with Gasteiger partial charge in [-0.3, -0.25) is 0 Å². The van der Waals surface area contributed by atoms with Crippen molar-refractivity contribution in [3.05, 3.63) is 47.4 Å². The van der Waals surface area contributed by atoms with Gasteiger partial charge in [0.1, 0.15) is 11.6 Å². The molecule has 0 spiro atoms. The van der Waals surface area contributed by atoms with Gasteiger partial charge in [0.15, 0.2) is 0 Å². The monoisotopic (exact) mass is 256 g/mol. The number of rotatable bonds is 4. The van der Waals surface area contributed by atoms with Crippen molar-refractivity contribution in [1.29, 1.82) is 0 Å². The predicted octanol–water partition coefficient (Wildman–Crippen LogP) is 2.70. The lowest BCUT2D eigenvalue weighted by atomic mass is 10.2. The maximum absolute atomic E-state index is 5.71. The van der Waals surface area contributed by atoms with Gasteiger partial charge < -0.3 is 10.6 Å². The molecule has 4 heteroatoms. The standard InChI is InChI=1S/C15H20N4/c1-4-19(10-13-5-7-14(16)8-6-13)15-9-11(2)17-12(3)18-15/h5-9H,4,10,16H2,1-3H3. The van der Waals surface area contributed by atoms with Crippen LogP contribution in [0.1, 0.15) is 24.0 Å². The fraction of sp³-hybridized carbons (Fsp3) is 0.333. The van der Waals surface area contributed by atoms with Crippen molar-refractivity contribution in [2.75, 3.05) is 17.2 Å². The molecule has 0 unspecified atom stereocenters. The van der Waals surface area contributed by atoms with Crippen LogP contribution < -0.4 is 10.6 Å². The van der Waals surface area contributed by atoms with E-state index >= 15 is 0 Å². The van der Waals surface area contributed by atoms with E-state index in [1.807, 2.05) is 32.0 Å². The van der Waals surface area contributed by atoms with Gasteiger partial charge in [0, 0.05) is 30.5 Å². The van der Waals surface area contributed by atoms with Gasteiger partial charge in [-0.15, -0.1) is 0 Å². The number of hydrogen-bond acceptors (Lipinski definition) is 4.